The third-order valence-corrected chi connectivity index (χ3v) is 6.92. The van der Waals surface area contributed by atoms with Gasteiger partial charge in [0.1, 0.15) is 0 Å². The van der Waals surface area contributed by atoms with E-state index in [9.17, 15) is 9.59 Å². The summed E-state index contributed by atoms with van der Waals surface area (Å²) in [6.45, 7) is 8.74. The van der Waals surface area contributed by atoms with Gasteiger partial charge in [-0.05, 0) is 56.0 Å². The highest BCUT2D eigenvalue weighted by molar-refractivity contribution is 5.95. The Balaban J connectivity index is 1.28. The SMILES string of the molecule is CC(C)n1ncc2ccc(-c3ccc(C(=O)N4CCN(C(=O)C5(C)CC5)CC4)cc3)cc21. The van der Waals surface area contributed by atoms with Gasteiger partial charge in [-0.1, -0.05) is 31.2 Å². The quantitative estimate of drug-likeness (QED) is 0.618. The van der Waals surface area contributed by atoms with E-state index in [4.69, 9.17) is 0 Å². The van der Waals surface area contributed by atoms with Crippen LogP contribution in [0, 0.1) is 5.41 Å². The van der Waals surface area contributed by atoms with Crippen molar-refractivity contribution in [3.8, 4) is 11.1 Å². The number of benzene rings is 2. The molecule has 3 aromatic rings. The number of hydrogen-bond acceptors (Lipinski definition) is 3. The van der Waals surface area contributed by atoms with Crippen LogP contribution >= 0.6 is 0 Å². The van der Waals surface area contributed by atoms with Crippen molar-refractivity contribution in [1.29, 1.82) is 0 Å². The van der Waals surface area contributed by atoms with Gasteiger partial charge in [-0.25, -0.2) is 0 Å². The van der Waals surface area contributed by atoms with E-state index in [0.717, 1.165) is 34.9 Å². The fourth-order valence-corrected chi connectivity index (χ4v) is 4.51. The topological polar surface area (TPSA) is 58.4 Å². The monoisotopic (exact) mass is 430 g/mol. The van der Waals surface area contributed by atoms with Crippen molar-refractivity contribution in [2.45, 2.75) is 39.7 Å². The summed E-state index contributed by atoms with van der Waals surface area (Å²) in [6, 6.07) is 14.5. The number of amides is 2. The van der Waals surface area contributed by atoms with Gasteiger partial charge in [0, 0.05) is 48.6 Å². The molecule has 1 aliphatic heterocycles. The Morgan fingerprint density at radius 3 is 2.16 bits per heavy atom. The zero-order valence-corrected chi connectivity index (χ0v) is 19.0. The Bertz CT molecular complexity index is 1170. The molecule has 5 rings (SSSR count). The first-order valence-corrected chi connectivity index (χ1v) is 11.5. The molecular formula is C26H30N4O2. The van der Waals surface area contributed by atoms with E-state index >= 15 is 0 Å². The number of carbonyl (C=O) groups excluding carboxylic acids is 2. The minimum Gasteiger partial charge on any atom is -0.339 e. The third-order valence-electron chi connectivity index (χ3n) is 6.92. The number of hydrogen-bond donors (Lipinski definition) is 0. The van der Waals surface area contributed by atoms with Crippen LogP contribution in [-0.4, -0.2) is 57.6 Å². The molecule has 2 amide bonds. The fourth-order valence-electron chi connectivity index (χ4n) is 4.51. The summed E-state index contributed by atoms with van der Waals surface area (Å²) in [6.07, 6.45) is 3.88. The lowest BCUT2D eigenvalue weighted by Crippen LogP contribution is -2.52. The molecule has 0 atom stereocenters. The van der Waals surface area contributed by atoms with E-state index < -0.39 is 0 Å². The van der Waals surface area contributed by atoms with Crippen LogP contribution in [0.5, 0.6) is 0 Å². The van der Waals surface area contributed by atoms with Gasteiger partial charge in [0.2, 0.25) is 5.91 Å². The molecule has 166 valence electrons. The predicted molar refractivity (Wildman–Crippen MR) is 125 cm³/mol. The van der Waals surface area contributed by atoms with Crippen molar-refractivity contribution >= 4 is 22.7 Å². The van der Waals surface area contributed by atoms with Gasteiger partial charge in [0.15, 0.2) is 0 Å². The summed E-state index contributed by atoms with van der Waals surface area (Å²) in [5, 5.41) is 5.62. The van der Waals surface area contributed by atoms with Crippen LogP contribution in [-0.2, 0) is 4.79 Å². The summed E-state index contributed by atoms with van der Waals surface area (Å²) < 4.78 is 2.03. The van der Waals surface area contributed by atoms with Crippen LogP contribution in [0.1, 0.15) is 50.0 Å². The Morgan fingerprint density at radius 1 is 0.906 bits per heavy atom. The molecule has 0 N–H and O–H groups in total. The first-order chi connectivity index (χ1) is 15.4. The molecule has 2 heterocycles. The zero-order chi connectivity index (χ0) is 22.5. The lowest BCUT2D eigenvalue weighted by atomic mass is 10.0. The van der Waals surface area contributed by atoms with Crippen LogP contribution in [0.3, 0.4) is 0 Å². The average molecular weight is 431 g/mol. The first kappa shape index (κ1) is 20.7. The molecule has 32 heavy (non-hydrogen) atoms. The largest absolute Gasteiger partial charge is 0.339 e. The van der Waals surface area contributed by atoms with Gasteiger partial charge >= 0.3 is 0 Å². The summed E-state index contributed by atoms with van der Waals surface area (Å²) >= 11 is 0. The van der Waals surface area contributed by atoms with Crippen LogP contribution in [0.2, 0.25) is 0 Å². The smallest absolute Gasteiger partial charge is 0.253 e. The third kappa shape index (κ3) is 3.68. The Hall–Kier alpha value is -3.15. The molecule has 6 nitrogen and oxygen atoms in total. The second-order valence-electron chi connectivity index (χ2n) is 9.68. The Labute approximate surface area is 188 Å². The molecule has 1 saturated heterocycles. The molecule has 1 aliphatic carbocycles. The number of fused-ring (bicyclic) bond motifs is 1. The summed E-state index contributed by atoms with van der Waals surface area (Å²) in [7, 11) is 0. The summed E-state index contributed by atoms with van der Waals surface area (Å²) in [5.74, 6) is 0.291. The van der Waals surface area contributed by atoms with Crippen LogP contribution < -0.4 is 0 Å². The summed E-state index contributed by atoms with van der Waals surface area (Å²) in [4.78, 5) is 29.3. The maximum Gasteiger partial charge on any atom is 0.253 e. The highest BCUT2D eigenvalue weighted by Gasteiger charge is 2.47. The number of piperazine rings is 1. The Kier molecular flexibility index (Phi) is 5.03. The maximum atomic E-state index is 13.0. The van der Waals surface area contributed by atoms with E-state index in [1.54, 1.807) is 0 Å². The van der Waals surface area contributed by atoms with Crippen molar-refractivity contribution in [3.63, 3.8) is 0 Å². The minimum absolute atomic E-state index is 0.0367. The Morgan fingerprint density at radius 2 is 1.53 bits per heavy atom. The van der Waals surface area contributed by atoms with Crippen molar-refractivity contribution in [2.24, 2.45) is 5.41 Å². The highest BCUT2D eigenvalue weighted by Crippen LogP contribution is 2.46. The van der Waals surface area contributed by atoms with E-state index in [0.29, 0.717) is 37.8 Å². The van der Waals surface area contributed by atoms with Gasteiger partial charge in [0.25, 0.3) is 5.91 Å². The van der Waals surface area contributed by atoms with Crippen molar-refractivity contribution in [1.82, 2.24) is 19.6 Å². The van der Waals surface area contributed by atoms with E-state index in [-0.39, 0.29) is 17.2 Å². The highest BCUT2D eigenvalue weighted by atomic mass is 16.2. The lowest BCUT2D eigenvalue weighted by Gasteiger charge is -2.36. The molecule has 6 heteroatoms. The number of carbonyl (C=O) groups is 2. The predicted octanol–water partition coefficient (Wildman–Crippen LogP) is 4.37. The standard InChI is InChI=1S/C26H30N4O2/c1-18(2)30-23-16-21(8-9-22(23)17-27-30)19-4-6-20(7-5-19)24(31)28-12-14-29(15-13-28)25(32)26(3)10-11-26/h4-9,16-18H,10-15H2,1-3H3. The van der Waals surface area contributed by atoms with Gasteiger partial charge in [-0.15, -0.1) is 0 Å². The average Bonchev–Trinajstić information content (AvgIpc) is 3.42. The molecule has 0 radical (unpaired) electrons. The first-order valence-electron chi connectivity index (χ1n) is 11.5. The molecule has 1 aromatic heterocycles. The van der Waals surface area contributed by atoms with Crippen molar-refractivity contribution in [2.75, 3.05) is 26.2 Å². The minimum atomic E-state index is -0.141. The number of rotatable bonds is 4. The van der Waals surface area contributed by atoms with Gasteiger partial charge in [-0.3, -0.25) is 14.3 Å². The van der Waals surface area contributed by atoms with E-state index in [1.165, 1.54) is 0 Å². The lowest BCUT2D eigenvalue weighted by molar-refractivity contribution is -0.137. The van der Waals surface area contributed by atoms with Gasteiger partial charge < -0.3 is 9.80 Å². The second kappa shape index (κ2) is 7.76. The molecule has 2 aliphatic rings. The van der Waals surface area contributed by atoms with Gasteiger partial charge in [-0.2, -0.15) is 5.10 Å². The van der Waals surface area contributed by atoms with Crippen molar-refractivity contribution in [3.05, 3.63) is 54.2 Å². The molecular weight excluding hydrogens is 400 g/mol. The number of aromatic nitrogens is 2. The fraction of sp³-hybridized carbons (Fsp3) is 0.423. The maximum absolute atomic E-state index is 13.0. The second-order valence-corrected chi connectivity index (χ2v) is 9.68. The molecule has 0 unspecified atom stereocenters. The molecule has 0 bridgehead atoms. The molecule has 1 saturated carbocycles. The summed E-state index contributed by atoms with van der Waals surface area (Å²) in [5.41, 5.74) is 3.85. The normalized spacial score (nSPS) is 17.8. The van der Waals surface area contributed by atoms with E-state index in [2.05, 4.69) is 37.1 Å². The van der Waals surface area contributed by atoms with Crippen molar-refractivity contribution < 1.29 is 9.59 Å². The van der Waals surface area contributed by atoms with Crippen LogP contribution in [0.25, 0.3) is 22.0 Å². The van der Waals surface area contributed by atoms with Crippen LogP contribution in [0.15, 0.2) is 48.7 Å². The molecule has 2 fully saturated rings. The number of nitrogens with zero attached hydrogens (tertiary/aromatic N) is 4. The molecule has 2 aromatic carbocycles. The van der Waals surface area contributed by atoms with E-state index in [1.807, 2.05) is 51.9 Å². The zero-order valence-electron chi connectivity index (χ0n) is 19.0. The van der Waals surface area contributed by atoms with Gasteiger partial charge in [0.05, 0.1) is 11.7 Å². The molecule has 0 spiro atoms. The van der Waals surface area contributed by atoms with Crippen LogP contribution in [0.4, 0.5) is 0 Å².